The van der Waals surface area contributed by atoms with Crippen molar-refractivity contribution in [2.24, 2.45) is 0 Å². The molecular formula is C27H30O15. The highest BCUT2D eigenvalue weighted by molar-refractivity contribution is 5.88. The van der Waals surface area contributed by atoms with Crippen molar-refractivity contribution >= 4 is 11.0 Å². The van der Waals surface area contributed by atoms with Crippen molar-refractivity contribution in [3.8, 4) is 34.3 Å². The van der Waals surface area contributed by atoms with Gasteiger partial charge >= 0.3 is 0 Å². The highest BCUT2D eigenvalue weighted by Gasteiger charge is 2.51. The molecule has 0 bridgehead atoms. The summed E-state index contributed by atoms with van der Waals surface area (Å²) in [5.74, 6) is -2.22. The second kappa shape index (κ2) is 11.6. The van der Waals surface area contributed by atoms with E-state index in [4.69, 9.17) is 23.4 Å². The third-order valence-corrected chi connectivity index (χ3v) is 7.18. The molecular weight excluding hydrogens is 564 g/mol. The third-order valence-electron chi connectivity index (χ3n) is 7.18. The Bertz CT molecular complexity index is 1490. The van der Waals surface area contributed by atoms with E-state index in [0.29, 0.717) is 0 Å². The van der Waals surface area contributed by atoms with Crippen molar-refractivity contribution in [1.82, 2.24) is 0 Å². The highest BCUT2D eigenvalue weighted by Crippen LogP contribution is 2.38. The average Bonchev–Trinajstić information content (AvgIpc) is 2.94. The molecule has 0 radical (unpaired) electrons. The largest absolute Gasteiger partial charge is 0.508 e. The molecule has 2 aromatic carbocycles. The van der Waals surface area contributed by atoms with Crippen LogP contribution in [0.3, 0.4) is 0 Å². The average molecular weight is 595 g/mol. The first-order chi connectivity index (χ1) is 19.9. The summed E-state index contributed by atoms with van der Waals surface area (Å²) in [5, 5.41) is 91.9. The van der Waals surface area contributed by atoms with Crippen molar-refractivity contribution in [3.05, 3.63) is 46.6 Å². The predicted octanol–water partition coefficient (Wildman–Crippen LogP) is -1.39. The molecule has 15 heteroatoms. The van der Waals surface area contributed by atoms with E-state index in [-0.39, 0.29) is 22.7 Å². The molecule has 0 saturated carbocycles. The Morgan fingerprint density at radius 1 is 0.833 bits per heavy atom. The van der Waals surface area contributed by atoms with Crippen LogP contribution in [0.15, 0.2) is 45.6 Å². The first-order valence-corrected chi connectivity index (χ1v) is 12.9. The van der Waals surface area contributed by atoms with Crippen LogP contribution in [0.4, 0.5) is 0 Å². The maximum atomic E-state index is 13.7. The first kappa shape index (κ1) is 30.0. The third kappa shape index (κ3) is 5.37. The standard InChI is InChI=1S/C27H30O15/c1-9-17(32)20(35)22(37)26(38-9)42-25-21(36)18(33)15(8-28)40-27(25)41-24-19(34)16-13(31)6-12(30)7-14(16)39-23(24)10-3-2-4-11(29)5-10/h2-7,9,15,17-18,20-22,25-33,35-37H,8H2,1H3. The van der Waals surface area contributed by atoms with Crippen molar-refractivity contribution in [1.29, 1.82) is 0 Å². The van der Waals surface area contributed by atoms with E-state index < -0.39 is 96.1 Å². The quantitative estimate of drug-likeness (QED) is 0.159. The van der Waals surface area contributed by atoms with E-state index in [1.165, 1.54) is 31.2 Å². The molecule has 2 fully saturated rings. The van der Waals surface area contributed by atoms with Crippen molar-refractivity contribution in [2.75, 3.05) is 6.61 Å². The Morgan fingerprint density at radius 3 is 2.26 bits per heavy atom. The Labute approximate surface area is 236 Å². The smallest absolute Gasteiger partial charge is 0.239 e. The monoisotopic (exact) mass is 594 g/mol. The van der Waals surface area contributed by atoms with Crippen LogP contribution in [0.2, 0.25) is 0 Å². The van der Waals surface area contributed by atoms with E-state index in [0.717, 1.165) is 12.1 Å². The summed E-state index contributed by atoms with van der Waals surface area (Å²) in [5.41, 5.74) is -1.11. The van der Waals surface area contributed by atoms with Gasteiger partial charge in [0.25, 0.3) is 0 Å². The number of ether oxygens (including phenoxy) is 4. The van der Waals surface area contributed by atoms with Crippen LogP contribution in [-0.2, 0) is 14.2 Å². The Morgan fingerprint density at radius 2 is 1.57 bits per heavy atom. The van der Waals surface area contributed by atoms with Crippen LogP contribution >= 0.6 is 0 Å². The van der Waals surface area contributed by atoms with Crippen molar-refractivity contribution < 1.29 is 69.3 Å². The van der Waals surface area contributed by atoms with E-state index in [9.17, 15) is 50.8 Å². The summed E-state index contributed by atoms with van der Waals surface area (Å²) in [6.07, 6.45) is -16.4. The zero-order valence-electron chi connectivity index (χ0n) is 21.9. The van der Waals surface area contributed by atoms with Gasteiger partial charge in [0.2, 0.25) is 17.5 Å². The van der Waals surface area contributed by atoms with Gasteiger partial charge in [0, 0.05) is 17.7 Å². The molecule has 2 saturated heterocycles. The van der Waals surface area contributed by atoms with Gasteiger partial charge in [-0.1, -0.05) is 12.1 Å². The zero-order valence-corrected chi connectivity index (χ0v) is 21.9. The van der Waals surface area contributed by atoms with Gasteiger partial charge in [-0.3, -0.25) is 4.79 Å². The van der Waals surface area contributed by atoms with Crippen molar-refractivity contribution in [3.63, 3.8) is 0 Å². The summed E-state index contributed by atoms with van der Waals surface area (Å²) in [7, 11) is 0. The fraction of sp³-hybridized carbons (Fsp3) is 0.444. The molecule has 15 nitrogen and oxygen atoms in total. The van der Waals surface area contributed by atoms with E-state index in [1.54, 1.807) is 0 Å². The van der Waals surface area contributed by atoms with Crippen LogP contribution in [0.25, 0.3) is 22.3 Å². The van der Waals surface area contributed by atoms with Crippen LogP contribution in [0, 0.1) is 0 Å². The topological polar surface area (TPSA) is 249 Å². The predicted molar refractivity (Wildman–Crippen MR) is 139 cm³/mol. The Balaban J connectivity index is 1.61. The number of hydrogen-bond acceptors (Lipinski definition) is 15. The number of phenols is 3. The van der Waals surface area contributed by atoms with E-state index in [2.05, 4.69) is 0 Å². The van der Waals surface area contributed by atoms with Gasteiger partial charge in [-0.25, -0.2) is 0 Å². The molecule has 1 aromatic heterocycles. The van der Waals surface area contributed by atoms with Crippen LogP contribution < -0.4 is 10.2 Å². The summed E-state index contributed by atoms with van der Waals surface area (Å²) >= 11 is 0. The normalized spacial score (nSPS) is 33.5. The molecule has 10 unspecified atom stereocenters. The number of rotatable bonds is 6. The number of phenolic OH excluding ortho intramolecular Hbond substituents is 3. The number of aromatic hydroxyl groups is 3. The maximum absolute atomic E-state index is 13.7. The molecule has 2 aliphatic rings. The SMILES string of the molecule is CC1OC(OC2C(Oc3c(-c4cccc(O)c4)oc4cc(O)cc(O)c4c3=O)OC(CO)C(O)C2O)C(O)C(O)C1O. The number of aliphatic hydroxyl groups is 6. The minimum atomic E-state index is -1.88. The summed E-state index contributed by atoms with van der Waals surface area (Å²) in [6, 6.07) is 7.42. The molecule has 0 spiro atoms. The summed E-state index contributed by atoms with van der Waals surface area (Å²) in [6.45, 7) is 0.585. The number of benzene rings is 2. The lowest BCUT2D eigenvalue weighted by atomic mass is 9.97. The molecule has 228 valence electrons. The van der Waals surface area contributed by atoms with Gasteiger partial charge < -0.3 is 69.3 Å². The fourth-order valence-electron chi connectivity index (χ4n) is 4.91. The van der Waals surface area contributed by atoms with Crippen molar-refractivity contribution in [2.45, 2.75) is 68.3 Å². The van der Waals surface area contributed by atoms with Gasteiger partial charge in [-0.15, -0.1) is 0 Å². The van der Waals surface area contributed by atoms with Gasteiger partial charge in [0.15, 0.2) is 18.2 Å². The minimum Gasteiger partial charge on any atom is -0.508 e. The number of aliphatic hydroxyl groups excluding tert-OH is 6. The van der Waals surface area contributed by atoms with Crippen LogP contribution in [0.1, 0.15) is 6.92 Å². The second-order valence-corrected chi connectivity index (χ2v) is 10.1. The number of hydrogen-bond donors (Lipinski definition) is 9. The molecule has 10 atom stereocenters. The van der Waals surface area contributed by atoms with Crippen LogP contribution in [-0.4, -0.2) is 114 Å². The molecule has 0 amide bonds. The summed E-state index contributed by atoms with van der Waals surface area (Å²) in [4.78, 5) is 13.7. The highest BCUT2D eigenvalue weighted by atomic mass is 16.8. The molecule has 3 aromatic rings. The number of fused-ring (bicyclic) bond motifs is 1. The van der Waals surface area contributed by atoms with Gasteiger partial charge in [-0.05, 0) is 19.1 Å². The Kier molecular flexibility index (Phi) is 8.30. The van der Waals surface area contributed by atoms with E-state index in [1.807, 2.05) is 0 Å². The fourth-order valence-corrected chi connectivity index (χ4v) is 4.91. The molecule has 2 aliphatic heterocycles. The van der Waals surface area contributed by atoms with E-state index >= 15 is 0 Å². The first-order valence-electron chi connectivity index (χ1n) is 12.9. The van der Waals surface area contributed by atoms with Crippen LogP contribution in [0.5, 0.6) is 23.0 Å². The maximum Gasteiger partial charge on any atom is 0.239 e. The minimum absolute atomic E-state index is 0.108. The van der Waals surface area contributed by atoms with Gasteiger partial charge in [-0.2, -0.15) is 0 Å². The molecule has 3 heterocycles. The Hall–Kier alpha value is -3.51. The summed E-state index contributed by atoms with van der Waals surface area (Å²) < 4.78 is 28.4. The lowest BCUT2D eigenvalue weighted by Crippen LogP contribution is -2.64. The van der Waals surface area contributed by atoms with Gasteiger partial charge in [0.1, 0.15) is 64.8 Å². The second-order valence-electron chi connectivity index (χ2n) is 10.1. The molecule has 0 aliphatic carbocycles. The van der Waals surface area contributed by atoms with Gasteiger partial charge in [0.05, 0.1) is 12.7 Å². The molecule has 9 N–H and O–H groups in total. The molecule has 42 heavy (non-hydrogen) atoms. The lowest BCUT2D eigenvalue weighted by Gasteiger charge is -2.45. The zero-order chi connectivity index (χ0) is 30.5. The lowest BCUT2D eigenvalue weighted by molar-refractivity contribution is -0.354. The molecule has 5 rings (SSSR count).